The molecule has 0 saturated carbocycles. The van der Waals surface area contributed by atoms with Gasteiger partial charge in [0.05, 0.1) is 11.6 Å². The standard InChI is InChI=1S/C18H15N3O2/c1-11-16-14(13-7-9-19-10-8-13)15(12-5-3-2-4-6-12)17(22)21(16)18(23)20-11/h2-10,14-15H,1H3,(H,20,23). The van der Waals surface area contributed by atoms with Crippen LogP contribution in [0.4, 0.5) is 0 Å². The van der Waals surface area contributed by atoms with Crippen molar-refractivity contribution >= 4 is 5.91 Å². The molecule has 114 valence electrons. The molecule has 0 spiro atoms. The molecule has 23 heavy (non-hydrogen) atoms. The highest BCUT2D eigenvalue weighted by atomic mass is 16.2. The van der Waals surface area contributed by atoms with E-state index in [1.165, 1.54) is 4.57 Å². The molecule has 1 aromatic carbocycles. The van der Waals surface area contributed by atoms with Crippen molar-refractivity contribution in [3.05, 3.63) is 87.9 Å². The summed E-state index contributed by atoms with van der Waals surface area (Å²) < 4.78 is 1.29. The zero-order chi connectivity index (χ0) is 16.0. The Morgan fingerprint density at radius 1 is 0.957 bits per heavy atom. The Labute approximate surface area is 132 Å². The van der Waals surface area contributed by atoms with Crippen LogP contribution < -0.4 is 5.69 Å². The van der Waals surface area contributed by atoms with E-state index in [9.17, 15) is 9.59 Å². The number of fused-ring (bicyclic) bond motifs is 1. The lowest BCUT2D eigenvalue weighted by molar-refractivity contribution is 0.0894. The van der Waals surface area contributed by atoms with E-state index in [2.05, 4.69) is 9.97 Å². The van der Waals surface area contributed by atoms with Crippen LogP contribution in [0.1, 0.15) is 39.1 Å². The quantitative estimate of drug-likeness (QED) is 0.790. The minimum Gasteiger partial charge on any atom is -0.309 e. The van der Waals surface area contributed by atoms with Crippen LogP contribution in [0.25, 0.3) is 0 Å². The highest BCUT2D eigenvalue weighted by molar-refractivity contribution is 5.92. The molecule has 0 aliphatic carbocycles. The zero-order valence-corrected chi connectivity index (χ0v) is 12.6. The van der Waals surface area contributed by atoms with Crippen molar-refractivity contribution in [1.82, 2.24) is 14.5 Å². The van der Waals surface area contributed by atoms with Crippen molar-refractivity contribution in [1.29, 1.82) is 0 Å². The number of imidazole rings is 1. The number of aromatic amines is 1. The molecule has 1 N–H and O–H groups in total. The first kappa shape index (κ1) is 13.7. The number of aryl methyl sites for hydroxylation is 1. The van der Waals surface area contributed by atoms with E-state index < -0.39 is 5.92 Å². The van der Waals surface area contributed by atoms with E-state index in [1.807, 2.05) is 49.4 Å². The molecule has 0 fully saturated rings. The summed E-state index contributed by atoms with van der Waals surface area (Å²) in [5.41, 5.74) is 3.03. The maximum Gasteiger partial charge on any atom is 0.332 e. The summed E-state index contributed by atoms with van der Waals surface area (Å²) >= 11 is 0. The average molecular weight is 305 g/mol. The lowest BCUT2D eigenvalue weighted by Crippen LogP contribution is -2.24. The van der Waals surface area contributed by atoms with E-state index in [1.54, 1.807) is 12.4 Å². The highest BCUT2D eigenvalue weighted by Gasteiger charge is 2.44. The maximum absolute atomic E-state index is 12.9. The van der Waals surface area contributed by atoms with Crippen molar-refractivity contribution in [3.8, 4) is 0 Å². The number of H-pyrrole nitrogens is 1. The van der Waals surface area contributed by atoms with Crippen LogP contribution in [0.3, 0.4) is 0 Å². The normalized spacial score (nSPS) is 19.8. The number of aromatic nitrogens is 3. The van der Waals surface area contributed by atoms with Gasteiger partial charge in [0.25, 0.3) is 0 Å². The summed E-state index contributed by atoms with van der Waals surface area (Å²) in [6.07, 6.45) is 3.43. The third kappa shape index (κ3) is 1.97. The Balaban J connectivity index is 1.98. The van der Waals surface area contributed by atoms with Crippen LogP contribution in [-0.2, 0) is 0 Å². The van der Waals surface area contributed by atoms with Gasteiger partial charge in [-0.1, -0.05) is 30.3 Å². The number of rotatable bonds is 2. The van der Waals surface area contributed by atoms with Crippen molar-refractivity contribution in [2.24, 2.45) is 0 Å². The Morgan fingerprint density at radius 2 is 1.61 bits per heavy atom. The van der Waals surface area contributed by atoms with E-state index >= 15 is 0 Å². The van der Waals surface area contributed by atoms with Gasteiger partial charge in [-0.15, -0.1) is 0 Å². The van der Waals surface area contributed by atoms with Crippen molar-refractivity contribution in [3.63, 3.8) is 0 Å². The molecule has 2 unspecified atom stereocenters. The van der Waals surface area contributed by atoms with E-state index in [-0.39, 0.29) is 17.5 Å². The number of pyridine rings is 1. The second-order valence-electron chi connectivity index (χ2n) is 5.76. The van der Waals surface area contributed by atoms with Crippen LogP contribution in [0.15, 0.2) is 59.7 Å². The molecular weight excluding hydrogens is 290 g/mol. The lowest BCUT2D eigenvalue weighted by atomic mass is 9.81. The van der Waals surface area contributed by atoms with Crippen molar-refractivity contribution < 1.29 is 4.79 Å². The molecule has 0 amide bonds. The van der Waals surface area contributed by atoms with Crippen molar-refractivity contribution in [2.45, 2.75) is 18.8 Å². The van der Waals surface area contributed by atoms with Gasteiger partial charge >= 0.3 is 5.69 Å². The summed E-state index contributed by atoms with van der Waals surface area (Å²) in [6, 6.07) is 13.4. The van der Waals surface area contributed by atoms with Gasteiger partial charge in [0.2, 0.25) is 5.91 Å². The molecule has 1 aliphatic heterocycles. The minimum absolute atomic E-state index is 0.178. The predicted octanol–water partition coefficient (Wildman–Crippen LogP) is 2.45. The van der Waals surface area contributed by atoms with Crippen LogP contribution in [0.5, 0.6) is 0 Å². The number of nitrogens with zero attached hydrogens (tertiary/aromatic N) is 2. The third-order valence-corrected chi connectivity index (χ3v) is 4.46. The molecule has 0 radical (unpaired) electrons. The fourth-order valence-corrected chi connectivity index (χ4v) is 3.50. The molecule has 2 aromatic heterocycles. The third-order valence-electron chi connectivity index (χ3n) is 4.46. The Hall–Kier alpha value is -2.95. The second kappa shape index (κ2) is 5.05. The fraction of sp³-hybridized carbons (Fsp3) is 0.167. The molecular formula is C18H15N3O2. The van der Waals surface area contributed by atoms with Crippen LogP contribution in [0.2, 0.25) is 0 Å². The number of carbonyl (C=O) groups excluding carboxylic acids is 1. The molecule has 5 heteroatoms. The zero-order valence-electron chi connectivity index (χ0n) is 12.6. The maximum atomic E-state index is 12.9. The van der Waals surface area contributed by atoms with Crippen LogP contribution in [-0.4, -0.2) is 20.4 Å². The predicted molar refractivity (Wildman–Crippen MR) is 85.7 cm³/mol. The molecule has 3 heterocycles. The number of benzene rings is 1. The SMILES string of the molecule is Cc1[nH]c(=O)n2c1C(c1ccncc1)C(c1ccccc1)C2=O. The molecule has 1 aliphatic rings. The van der Waals surface area contributed by atoms with Gasteiger partial charge < -0.3 is 4.98 Å². The number of hydrogen-bond donors (Lipinski definition) is 1. The van der Waals surface area contributed by atoms with E-state index in [0.717, 1.165) is 22.5 Å². The van der Waals surface area contributed by atoms with Gasteiger partial charge in [0.1, 0.15) is 0 Å². The Kier molecular flexibility index (Phi) is 3.01. The minimum atomic E-state index is -0.394. The number of carbonyl (C=O) groups is 1. The molecule has 0 saturated heterocycles. The largest absolute Gasteiger partial charge is 0.332 e. The molecule has 3 aromatic rings. The van der Waals surface area contributed by atoms with Crippen molar-refractivity contribution in [2.75, 3.05) is 0 Å². The first-order valence-corrected chi connectivity index (χ1v) is 7.49. The second-order valence-corrected chi connectivity index (χ2v) is 5.76. The van der Waals surface area contributed by atoms with Gasteiger partial charge in [-0.25, -0.2) is 9.36 Å². The highest BCUT2D eigenvalue weighted by Crippen LogP contribution is 2.44. The fourth-order valence-electron chi connectivity index (χ4n) is 3.50. The first-order chi connectivity index (χ1) is 11.2. The van der Waals surface area contributed by atoms with Gasteiger partial charge in [0.15, 0.2) is 0 Å². The van der Waals surface area contributed by atoms with Crippen LogP contribution in [0, 0.1) is 6.92 Å². The monoisotopic (exact) mass is 305 g/mol. The van der Waals surface area contributed by atoms with Gasteiger partial charge in [-0.3, -0.25) is 9.78 Å². The molecule has 2 atom stereocenters. The lowest BCUT2D eigenvalue weighted by Gasteiger charge is -2.19. The summed E-state index contributed by atoms with van der Waals surface area (Å²) in [6.45, 7) is 1.84. The van der Waals surface area contributed by atoms with Gasteiger partial charge in [0, 0.05) is 24.0 Å². The molecule has 4 rings (SSSR count). The Bertz CT molecular complexity index is 926. The Morgan fingerprint density at radius 3 is 2.30 bits per heavy atom. The number of hydrogen-bond acceptors (Lipinski definition) is 3. The smallest absolute Gasteiger partial charge is 0.309 e. The topological polar surface area (TPSA) is 67.8 Å². The van der Waals surface area contributed by atoms with E-state index in [0.29, 0.717) is 0 Å². The summed E-state index contributed by atoms with van der Waals surface area (Å²) in [5, 5.41) is 0. The van der Waals surface area contributed by atoms with Crippen LogP contribution >= 0.6 is 0 Å². The molecule has 5 nitrogen and oxygen atoms in total. The summed E-state index contributed by atoms with van der Waals surface area (Å²) in [7, 11) is 0. The van der Waals surface area contributed by atoms with Gasteiger partial charge in [-0.2, -0.15) is 0 Å². The molecule has 0 bridgehead atoms. The first-order valence-electron chi connectivity index (χ1n) is 7.49. The van der Waals surface area contributed by atoms with E-state index in [4.69, 9.17) is 0 Å². The number of nitrogens with one attached hydrogen (secondary N) is 1. The summed E-state index contributed by atoms with van der Waals surface area (Å²) in [5.74, 6) is -0.760. The summed E-state index contributed by atoms with van der Waals surface area (Å²) in [4.78, 5) is 31.9. The average Bonchev–Trinajstić information content (AvgIpc) is 3.05. The van der Waals surface area contributed by atoms with Gasteiger partial charge in [-0.05, 0) is 30.2 Å².